The van der Waals surface area contributed by atoms with Crippen LogP contribution >= 0.6 is 0 Å². The van der Waals surface area contributed by atoms with Gasteiger partial charge in [-0.15, -0.1) is 0 Å². The second-order valence-electron chi connectivity index (χ2n) is 2.18. The van der Waals surface area contributed by atoms with E-state index in [1.165, 1.54) is 0 Å². The summed E-state index contributed by atoms with van der Waals surface area (Å²) in [4.78, 5) is 10.1. The molecule has 11 heavy (non-hydrogen) atoms. The molecule has 60 valence electrons. The van der Waals surface area contributed by atoms with Crippen molar-refractivity contribution in [3.05, 3.63) is 17.5 Å². The third-order valence-electron chi connectivity index (χ3n) is 1.36. The molecule has 1 rings (SSSR count). The van der Waals surface area contributed by atoms with Crippen molar-refractivity contribution < 1.29 is 9.90 Å². The first-order valence-electron chi connectivity index (χ1n) is 3.16. The number of nitrogens with one attached hydrogen (secondary N) is 2. The molecule has 0 fully saturated rings. The maximum Gasteiger partial charge on any atom is 0.404 e. The van der Waals surface area contributed by atoms with Crippen LogP contribution in [0.4, 0.5) is 4.79 Å². The molecule has 5 heteroatoms. The third-order valence-corrected chi connectivity index (χ3v) is 1.36. The summed E-state index contributed by atoms with van der Waals surface area (Å²) >= 11 is 0. The fraction of sp³-hybridized carbons (Fsp3) is 0.333. The van der Waals surface area contributed by atoms with Gasteiger partial charge in [-0.3, -0.25) is 5.10 Å². The molecule has 0 atom stereocenters. The minimum absolute atomic E-state index is 0.303. The predicted octanol–water partition coefficient (Wildman–Crippen LogP) is 0.486. The molecule has 3 N–H and O–H groups in total. The van der Waals surface area contributed by atoms with Crippen LogP contribution in [0.15, 0.2) is 6.20 Å². The van der Waals surface area contributed by atoms with Gasteiger partial charge in [0.2, 0.25) is 0 Å². The molecule has 1 heterocycles. The highest BCUT2D eigenvalue weighted by Crippen LogP contribution is 2.00. The lowest BCUT2D eigenvalue weighted by Crippen LogP contribution is -2.19. The van der Waals surface area contributed by atoms with E-state index in [2.05, 4.69) is 15.5 Å². The summed E-state index contributed by atoms with van der Waals surface area (Å²) in [6.07, 6.45) is 0.580. The zero-order valence-electron chi connectivity index (χ0n) is 6.09. The topological polar surface area (TPSA) is 78.0 Å². The van der Waals surface area contributed by atoms with E-state index in [1.54, 1.807) is 6.20 Å². The van der Waals surface area contributed by atoms with Crippen LogP contribution in [-0.4, -0.2) is 21.4 Å². The van der Waals surface area contributed by atoms with E-state index in [9.17, 15) is 4.79 Å². The van der Waals surface area contributed by atoms with E-state index in [0.717, 1.165) is 11.3 Å². The number of hydrogen-bond donors (Lipinski definition) is 3. The van der Waals surface area contributed by atoms with Crippen molar-refractivity contribution in [2.24, 2.45) is 0 Å². The minimum Gasteiger partial charge on any atom is -0.465 e. The van der Waals surface area contributed by atoms with Crippen LogP contribution in [0, 0.1) is 6.92 Å². The lowest BCUT2D eigenvalue weighted by molar-refractivity contribution is 0.194. The second-order valence-corrected chi connectivity index (χ2v) is 2.18. The number of hydrogen-bond acceptors (Lipinski definition) is 2. The van der Waals surface area contributed by atoms with Gasteiger partial charge in [0.1, 0.15) is 0 Å². The van der Waals surface area contributed by atoms with E-state index >= 15 is 0 Å². The SMILES string of the molecule is Cc1[nH]ncc1CNC(=O)O. The van der Waals surface area contributed by atoms with Crippen LogP contribution in [0.5, 0.6) is 0 Å². The fourth-order valence-corrected chi connectivity index (χ4v) is 0.725. The molecule has 1 amide bonds. The maximum absolute atomic E-state index is 10.1. The summed E-state index contributed by atoms with van der Waals surface area (Å²) in [5.74, 6) is 0. The van der Waals surface area contributed by atoms with E-state index in [4.69, 9.17) is 5.11 Å². The van der Waals surface area contributed by atoms with Gasteiger partial charge in [0.05, 0.1) is 6.20 Å². The van der Waals surface area contributed by atoms with Gasteiger partial charge in [0.25, 0.3) is 0 Å². The Morgan fingerprint density at radius 3 is 3.09 bits per heavy atom. The fourth-order valence-electron chi connectivity index (χ4n) is 0.725. The highest BCUT2D eigenvalue weighted by molar-refractivity contribution is 5.64. The number of aromatic nitrogens is 2. The standard InChI is InChI=1S/C6H9N3O2/c1-4-5(3-8-9-4)2-7-6(10)11/h3,7H,2H2,1H3,(H,8,9)(H,10,11). The molecule has 0 aliphatic rings. The minimum atomic E-state index is -1.02. The highest BCUT2D eigenvalue weighted by atomic mass is 16.4. The zero-order valence-corrected chi connectivity index (χ0v) is 6.09. The van der Waals surface area contributed by atoms with Crippen LogP contribution in [-0.2, 0) is 6.54 Å². The molecule has 0 saturated heterocycles. The molecule has 1 aromatic rings. The van der Waals surface area contributed by atoms with Crippen molar-refractivity contribution in [1.29, 1.82) is 0 Å². The van der Waals surface area contributed by atoms with Gasteiger partial charge in [-0.2, -0.15) is 5.10 Å². The van der Waals surface area contributed by atoms with Crippen LogP contribution in [0.2, 0.25) is 0 Å². The molecule has 0 bridgehead atoms. The molecule has 0 aliphatic carbocycles. The van der Waals surface area contributed by atoms with Gasteiger partial charge in [0, 0.05) is 17.8 Å². The smallest absolute Gasteiger partial charge is 0.404 e. The largest absolute Gasteiger partial charge is 0.465 e. The Morgan fingerprint density at radius 1 is 1.91 bits per heavy atom. The first-order chi connectivity index (χ1) is 5.20. The average molecular weight is 155 g/mol. The zero-order chi connectivity index (χ0) is 8.27. The van der Waals surface area contributed by atoms with Crippen molar-refractivity contribution in [1.82, 2.24) is 15.5 Å². The number of H-pyrrole nitrogens is 1. The molecule has 0 aromatic carbocycles. The lowest BCUT2D eigenvalue weighted by atomic mass is 10.3. The van der Waals surface area contributed by atoms with E-state index in [0.29, 0.717) is 6.54 Å². The van der Waals surface area contributed by atoms with Gasteiger partial charge in [-0.05, 0) is 6.92 Å². The van der Waals surface area contributed by atoms with Crippen LogP contribution in [0.3, 0.4) is 0 Å². The number of aryl methyl sites for hydroxylation is 1. The molecule has 1 aromatic heterocycles. The van der Waals surface area contributed by atoms with Crippen LogP contribution in [0.1, 0.15) is 11.3 Å². The normalized spacial score (nSPS) is 9.55. The summed E-state index contributed by atoms with van der Waals surface area (Å²) in [6.45, 7) is 2.14. The molecular formula is C6H9N3O2. The quantitative estimate of drug-likeness (QED) is 0.581. The van der Waals surface area contributed by atoms with Crippen molar-refractivity contribution >= 4 is 6.09 Å². The van der Waals surface area contributed by atoms with Crippen LogP contribution < -0.4 is 5.32 Å². The summed E-state index contributed by atoms with van der Waals surface area (Å²) < 4.78 is 0. The number of rotatable bonds is 2. The predicted molar refractivity (Wildman–Crippen MR) is 38.2 cm³/mol. The van der Waals surface area contributed by atoms with Crippen molar-refractivity contribution in [2.75, 3.05) is 0 Å². The number of carbonyl (C=O) groups is 1. The lowest BCUT2D eigenvalue weighted by Gasteiger charge is -1.97. The Labute approximate surface area is 63.4 Å². The number of amides is 1. The molecule has 0 radical (unpaired) electrons. The van der Waals surface area contributed by atoms with Gasteiger partial charge in [-0.25, -0.2) is 4.79 Å². The number of nitrogens with zero attached hydrogens (tertiary/aromatic N) is 1. The second kappa shape index (κ2) is 3.05. The molecule has 5 nitrogen and oxygen atoms in total. The van der Waals surface area contributed by atoms with Gasteiger partial charge in [0.15, 0.2) is 0 Å². The van der Waals surface area contributed by atoms with Crippen molar-refractivity contribution in [3.8, 4) is 0 Å². The van der Waals surface area contributed by atoms with E-state index in [-0.39, 0.29) is 0 Å². The van der Waals surface area contributed by atoms with Crippen LogP contribution in [0.25, 0.3) is 0 Å². The summed E-state index contributed by atoms with van der Waals surface area (Å²) in [5, 5.41) is 17.0. The Kier molecular flexibility index (Phi) is 2.10. The van der Waals surface area contributed by atoms with Gasteiger partial charge in [-0.1, -0.05) is 0 Å². The highest BCUT2D eigenvalue weighted by Gasteiger charge is 2.00. The summed E-state index contributed by atoms with van der Waals surface area (Å²) in [7, 11) is 0. The maximum atomic E-state index is 10.1. The number of carboxylic acid groups (broad SMARTS) is 1. The molecule has 0 aliphatic heterocycles. The monoisotopic (exact) mass is 155 g/mol. The first kappa shape index (κ1) is 7.59. The van der Waals surface area contributed by atoms with E-state index < -0.39 is 6.09 Å². The molecule has 0 unspecified atom stereocenters. The van der Waals surface area contributed by atoms with Crippen molar-refractivity contribution in [2.45, 2.75) is 13.5 Å². The number of aromatic amines is 1. The summed E-state index contributed by atoms with van der Waals surface area (Å²) in [6, 6.07) is 0. The molecule has 0 spiro atoms. The first-order valence-corrected chi connectivity index (χ1v) is 3.16. The Hall–Kier alpha value is -1.52. The Morgan fingerprint density at radius 2 is 2.64 bits per heavy atom. The van der Waals surface area contributed by atoms with E-state index in [1.807, 2.05) is 6.92 Å². The Balaban J connectivity index is 2.51. The van der Waals surface area contributed by atoms with Gasteiger partial charge < -0.3 is 10.4 Å². The van der Waals surface area contributed by atoms with Crippen molar-refractivity contribution in [3.63, 3.8) is 0 Å². The Bertz CT molecular complexity index is 256. The molecule has 0 saturated carbocycles. The summed E-state index contributed by atoms with van der Waals surface area (Å²) in [5.41, 5.74) is 1.76. The average Bonchev–Trinajstić information content (AvgIpc) is 2.31. The third kappa shape index (κ3) is 1.96. The molecular weight excluding hydrogens is 146 g/mol. The van der Waals surface area contributed by atoms with Gasteiger partial charge >= 0.3 is 6.09 Å².